The van der Waals surface area contributed by atoms with Crippen LogP contribution in [0.4, 0.5) is 5.82 Å². The molecule has 1 aliphatic heterocycles. The number of aliphatic hydroxyl groups excluding tert-OH is 1. The van der Waals surface area contributed by atoms with Crippen molar-refractivity contribution in [1.29, 1.82) is 0 Å². The lowest BCUT2D eigenvalue weighted by Crippen LogP contribution is -2.45. The highest BCUT2D eigenvalue weighted by atomic mass is 35.5. The van der Waals surface area contributed by atoms with Gasteiger partial charge in [-0.1, -0.05) is 59.2 Å². The van der Waals surface area contributed by atoms with Gasteiger partial charge in [-0.15, -0.1) is 0 Å². The van der Waals surface area contributed by atoms with Gasteiger partial charge in [0.15, 0.2) is 5.82 Å². The molecule has 0 amide bonds. The SMILES string of the molecule is C[C@H](O)c1nc(Sc2ccnc(Cl)c2Cl)cnc1N1CCC2(CC1)Cc1ccccc1[C@H]2N. The maximum absolute atomic E-state index is 10.5. The van der Waals surface area contributed by atoms with Gasteiger partial charge < -0.3 is 15.7 Å². The normalized spacial score (nSPS) is 20.2. The molecule has 2 aliphatic rings. The molecule has 0 bridgehead atoms. The van der Waals surface area contributed by atoms with Gasteiger partial charge in [-0.25, -0.2) is 15.0 Å². The van der Waals surface area contributed by atoms with Crippen LogP contribution in [-0.2, 0) is 6.42 Å². The van der Waals surface area contributed by atoms with Crippen molar-refractivity contribution in [3.05, 3.63) is 69.7 Å². The summed E-state index contributed by atoms with van der Waals surface area (Å²) >= 11 is 13.7. The van der Waals surface area contributed by atoms with Crippen LogP contribution < -0.4 is 10.6 Å². The zero-order valence-corrected chi connectivity index (χ0v) is 20.5. The molecule has 1 aromatic carbocycles. The number of fused-ring (bicyclic) bond motifs is 1. The number of anilines is 1. The number of nitrogens with two attached hydrogens (primary N) is 1. The summed E-state index contributed by atoms with van der Waals surface area (Å²) in [7, 11) is 0. The van der Waals surface area contributed by atoms with Crippen LogP contribution in [0.5, 0.6) is 0 Å². The molecule has 3 aromatic rings. The minimum atomic E-state index is -0.751. The van der Waals surface area contributed by atoms with E-state index in [0.717, 1.165) is 43.1 Å². The molecule has 1 saturated heterocycles. The summed E-state index contributed by atoms with van der Waals surface area (Å²) in [6.45, 7) is 3.37. The van der Waals surface area contributed by atoms with E-state index in [4.69, 9.17) is 38.9 Å². The molecular formula is C24H25Cl2N5OS. The molecule has 1 fully saturated rings. The molecule has 0 radical (unpaired) electrons. The average molecular weight is 502 g/mol. The zero-order chi connectivity index (χ0) is 23.2. The number of aliphatic hydroxyl groups is 1. The first-order valence-corrected chi connectivity index (χ1v) is 12.6. The smallest absolute Gasteiger partial charge is 0.153 e. The molecule has 6 nitrogen and oxygen atoms in total. The number of nitrogens with zero attached hydrogens (tertiary/aromatic N) is 4. The number of halogens is 2. The molecular weight excluding hydrogens is 477 g/mol. The number of pyridine rings is 1. The summed E-state index contributed by atoms with van der Waals surface area (Å²) < 4.78 is 0. The number of hydrogen-bond donors (Lipinski definition) is 2. The summed E-state index contributed by atoms with van der Waals surface area (Å²) in [5.41, 5.74) is 10.0. The molecule has 5 rings (SSSR count). The van der Waals surface area contributed by atoms with E-state index >= 15 is 0 Å². The standard InChI is InChI=1S/C24H25Cl2N5OS/c1-14(32)20-23(29-13-18(30-20)33-17-6-9-28-22(26)19(17)25)31-10-7-24(8-11-31)12-15-4-2-3-5-16(15)21(24)27/h2-6,9,13-14,21,32H,7-8,10-12,27H2,1H3/t14-,21+/m0/s1. The van der Waals surface area contributed by atoms with Gasteiger partial charge in [-0.05, 0) is 48.8 Å². The first-order chi connectivity index (χ1) is 15.9. The van der Waals surface area contributed by atoms with E-state index in [9.17, 15) is 5.11 Å². The van der Waals surface area contributed by atoms with Gasteiger partial charge >= 0.3 is 0 Å². The number of benzene rings is 1. The molecule has 9 heteroatoms. The second-order valence-corrected chi connectivity index (χ2v) is 10.6. The summed E-state index contributed by atoms with van der Waals surface area (Å²) in [5, 5.41) is 11.7. The maximum Gasteiger partial charge on any atom is 0.153 e. The second kappa shape index (κ2) is 9.04. The second-order valence-electron chi connectivity index (χ2n) is 8.81. The van der Waals surface area contributed by atoms with Crippen molar-refractivity contribution >= 4 is 40.8 Å². The Morgan fingerprint density at radius 2 is 1.94 bits per heavy atom. The van der Waals surface area contributed by atoms with Crippen LogP contribution in [-0.4, -0.2) is 33.1 Å². The first kappa shape index (κ1) is 22.9. The van der Waals surface area contributed by atoms with E-state index in [2.05, 4.69) is 34.1 Å². The molecule has 1 spiro atoms. The van der Waals surface area contributed by atoms with Crippen molar-refractivity contribution in [1.82, 2.24) is 15.0 Å². The number of rotatable bonds is 4. The van der Waals surface area contributed by atoms with Crippen LogP contribution in [0.15, 0.2) is 52.6 Å². The third kappa shape index (κ3) is 4.21. The van der Waals surface area contributed by atoms with E-state index in [1.54, 1.807) is 25.4 Å². The lowest BCUT2D eigenvalue weighted by atomic mass is 9.73. The topological polar surface area (TPSA) is 88.2 Å². The van der Waals surface area contributed by atoms with Crippen LogP contribution in [0.1, 0.15) is 48.7 Å². The van der Waals surface area contributed by atoms with Crippen LogP contribution in [0.3, 0.4) is 0 Å². The van der Waals surface area contributed by atoms with Gasteiger partial charge in [0.25, 0.3) is 0 Å². The summed E-state index contributed by atoms with van der Waals surface area (Å²) in [4.78, 5) is 16.4. The third-order valence-electron chi connectivity index (χ3n) is 6.83. The Hall–Kier alpha value is -1.90. The van der Waals surface area contributed by atoms with Gasteiger partial charge in [-0.3, -0.25) is 0 Å². The molecule has 3 N–H and O–H groups in total. The molecule has 3 heterocycles. The minimum Gasteiger partial charge on any atom is -0.387 e. The zero-order valence-electron chi connectivity index (χ0n) is 18.2. The van der Waals surface area contributed by atoms with Gasteiger partial charge in [0.2, 0.25) is 0 Å². The third-order valence-corrected chi connectivity index (χ3v) is 8.67. The van der Waals surface area contributed by atoms with E-state index in [1.807, 2.05) is 0 Å². The quantitative estimate of drug-likeness (QED) is 0.473. The monoisotopic (exact) mass is 501 g/mol. The lowest BCUT2D eigenvalue weighted by molar-refractivity contribution is 0.182. The molecule has 2 aromatic heterocycles. The number of aromatic nitrogens is 3. The predicted molar refractivity (Wildman–Crippen MR) is 132 cm³/mol. The molecule has 1 aliphatic carbocycles. The van der Waals surface area contributed by atoms with Gasteiger partial charge in [0.05, 0.1) is 17.3 Å². The summed E-state index contributed by atoms with van der Waals surface area (Å²) in [5.74, 6) is 0.729. The summed E-state index contributed by atoms with van der Waals surface area (Å²) in [6, 6.07) is 10.4. The molecule has 0 saturated carbocycles. The fourth-order valence-electron chi connectivity index (χ4n) is 5.02. The van der Waals surface area contributed by atoms with Crippen LogP contribution >= 0.6 is 35.0 Å². The van der Waals surface area contributed by atoms with Crippen molar-refractivity contribution in [2.45, 2.75) is 48.3 Å². The molecule has 33 heavy (non-hydrogen) atoms. The van der Waals surface area contributed by atoms with E-state index < -0.39 is 6.10 Å². The van der Waals surface area contributed by atoms with E-state index in [-0.39, 0.29) is 16.6 Å². The van der Waals surface area contributed by atoms with Crippen molar-refractivity contribution in [2.24, 2.45) is 11.1 Å². The van der Waals surface area contributed by atoms with E-state index in [1.165, 1.54) is 22.9 Å². The highest BCUT2D eigenvalue weighted by Gasteiger charge is 2.46. The van der Waals surface area contributed by atoms with E-state index in [0.29, 0.717) is 15.7 Å². The fourth-order valence-corrected chi connectivity index (χ4v) is 6.25. The van der Waals surface area contributed by atoms with Crippen molar-refractivity contribution in [3.63, 3.8) is 0 Å². The predicted octanol–water partition coefficient (Wildman–Crippen LogP) is 5.23. The number of hydrogen-bond acceptors (Lipinski definition) is 7. The fraction of sp³-hybridized carbons (Fsp3) is 0.375. The van der Waals surface area contributed by atoms with Crippen LogP contribution in [0, 0.1) is 5.41 Å². The van der Waals surface area contributed by atoms with Gasteiger partial charge in [0, 0.05) is 30.2 Å². The van der Waals surface area contributed by atoms with Gasteiger partial charge in [0.1, 0.15) is 15.9 Å². The largest absolute Gasteiger partial charge is 0.387 e. The maximum atomic E-state index is 10.5. The molecule has 0 unspecified atom stereocenters. The van der Waals surface area contributed by atoms with Gasteiger partial charge in [-0.2, -0.15) is 0 Å². The highest BCUT2D eigenvalue weighted by Crippen LogP contribution is 2.51. The Kier molecular flexibility index (Phi) is 6.27. The number of piperidine rings is 1. The molecule has 2 atom stereocenters. The lowest BCUT2D eigenvalue weighted by Gasteiger charge is -2.43. The summed E-state index contributed by atoms with van der Waals surface area (Å²) in [6.07, 6.45) is 5.55. The molecule has 172 valence electrons. The van der Waals surface area contributed by atoms with Crippen molar-refractivity contribution in [2.75, 3.05) is 18.0 Å². The Labute approximate surface area is 207 Å². The first-order valence-electron chi connectivity index (χ1n) is 11.0. The highest BCUT2D eigenvalue weighted by molar-refractivity contribution is 7.99. The minimum absolute atomic E-state index is 0.0638. The Bertz CT molecular complexity index is 1180. The van der Waals surface area contributed by atoms with Crippen molar-refractivity contribution in [3.8, 4) is 0 Å². The van der Waals surface area contributed by atoms with Crippen LogP contribution in [0.2, 0.25) is 10.2 Å². The van der Waals surface area contributed by atoms with Crippen molar-refractivity contribution < 1.29 is 5.11 Å². The Morgan fingerprint density at radius 3 is 2.67 bits per heavy atom. The van der Waals surface area contributed by atoms with Crippen LogP contribution in [0.25, 0.3) is 0 Å². The average Bonchev–Trinajstić information content (AvgIpc) is 3.09. The Balaban J connectivity index is 1.35. The Morgan fingerprint density at radius 1 is 1.18 bits per heavy atom.